The Hall–Kier alpha value is -1.95. The number of hydrogen-bond acceptors (Lipinski definition) is 6. The Labute approximate surface area is 84.7 Å². The summed E-state index contributed by atoms with van der Waals surface area (Å²) in [5.74, 6) is -0.304. The van der Waals surface area contributed by atoms with Gasteiger partial charge in [-0.15, -0.1) is 0 Å². The van der Waals surface area contributed by atoms with E-state index in [2.05, 4.69) is 5.16 Å². The maximum absolute atomic E-state index is 9.51. The number of phenols is 2. The average molecular weight is 211 g/mol. The second-order valence-corrected chi connectivity index (χ2v) is 3.15. The molecule has 1 aromatic rings. The highest BCUT2D eigenvalue weighted by atomic mass is 16.5. The normalized spacial score (nSPS) is 22.2. The lowest BCUT2D eigenvalue weighted by atomic mass is 10.0. The Balaban J connectivity index is 2.63. The Bertz CT molecular complexity index is 429. The molecule has 1 atom stereocenters. The molecule has 0 bridgehead atoms. The van der Waals surface area contributed by atoms with Crippen molar-refractivity contribution in [3.8, 4) is 17.2 Å². The second kappa shape index (κ2) is 3.32. The number of hydrogen-bond donors (Lipinski definition) is 4. The van der Waals surface area contributed by atoms with Crippen molar-refractivity contribution in [3.05, 3.63) is 17.7 Å². The van der Waals surface area contributed by atoms with E-state index in [9.17, 15) is 15.3 Å². The van der Waals surface area contributed by atoms with Crippen LogP contribution in [0.25, 0.3) is 0 Å². The lowest BCUT2D eigenvalue weighted by Crippen LogP contribution is -2.33. The molecule has 6 nitrogen and oxygen atoms in total. The molecule has 0 radical (unpaired) electrons. The largest absolute Gasteiger partial charge is 0.508 e. The van der Waals surface area contributed by atoms with Crippen LogP contribution in [0.2, 0.25) is 0 Å². The lowest BCUT2D eigenvalue weighted by Gasteiger charge is -2.23. The number of aliphatic hydroxyl groups is 1. The van der Waals surface area contributed by atoms with Gasteiger partial charge in [-0.1, -0.05) is 5.16 Å². The van der Waals surface area contributed by atoms with Crippen molar-refractivity contribution < 1.29 is 25.3 Å². The van der Waals surface area contributed by atoms with Gasteiger partial charge in [-0.25, -0.2) is 0 Å². The van der Waals surface area contributed by atoms with Crippen LogP contribution in [0.15, 0.2) is 17.3 Å². The molecule has 4 N–H and O–H groups in total. The molecule has 1 aliphatic rings. The van der Waals surface area contributed by atoms with Crippen LogP contribution in [-0.4, -0.2) is 38.9 Å². The van der Waals surface area contributed by atoms with Crippen molar-refractivity contribution >= 4 is 5.71 Å². The summed E-state index contributed by atoms with van der Waals surface area (Å²) in [4.78, 5) is 0. The summed E-state index contributed by atoms with van der Waals surface area (Å²) in [5, 5.41) is 39.7. The molecule has 0 aromatic heterocycles. The molecule has 2 rings (SSSR count). The molecule has 0 fully saturated rings. The Morgan fingerprint density at radius 3 is 2.73 bits per heavy atom. The van der Waals surface area contributed by atoms with Crippen LogP contribution >= 0.6 is 0 Å². The summed E-state index contributed by atoms with van der Waals surface area (Å²) in [6, 6.07) is 2.34. The van der Waals surface area contributed by atoms with E-state index in [1.807, 2.05) is 0 Å². The van der Waals surface area contributed by atoms with Crippen molar-refractivity contribution in [1.82, 2.24) is 0 Å². The summed E-state index contributed by atoms with van der Waals surface area (Å²) in [7, 11) is 0. The van der Waals surface area contributed by atoms with Crippen LogP contribution in [-0.2, 0) is 0 Å². The van der Waals surface area contributed by atoms with Crippen LogP contribution in [0.5, 0.6) is 17.2 Å². The van der Waals surface area contributed by atoms with E-state index in [-0.39, 0.29) is 35.1 Å². The fourth-order valence-corrected chi connectivity index (χ4v) is 1.49. The fourth-order valence-electron chi connectivity index (χ4n) is 1.49. The van der Waals surface area contributed by atoms with Crippen LogP contribution < -0.4 is 4.74 Å². The molecule has 15 heavy (non-hydrogen) atoms. The lowest BCUT2D eigenvalue weighted by molar-refractivity contribution is 0.145. The first-order chi connectivity index (χ1) is 7.13. The number of phenolic OH excluding ortho intramolecular Hbond substituents is 2. The molecule has 0 spiro atoms. The fraction of sp³-hybridized carbons (Fsp3) is 0.222. The van der Waals surface area contributed by atoms with E-state index >= 15 is 0 Å². The summed E-state index contributed by atoms with van der Waals surface area (Å²) in [5.41, 5.74) is 0.0165. The Morgan fingerprint density at radius 1 is 1.33 bits per heavy atom. The van der Waals surface area contributed by atoms with Crippen LogP contribution in [0.4, 0.5) is 0 Å². The standard InChI is InChI=1S/C9H9NO5/c11-4-1-5(12)8-7(2-4)15-3-6(13)9(8)10-14/h1-2,6,11-14H,3H2/b10-9+/t6-/m1/s1. The highest BCUT2D eigenvalue weighted by molar-refractivity contribution is 6.08. The monoisotopic (exact) mass is 211 g/mol. The predicted molar refractivity (Wildman–Crippen MR) is 49.6 cm³/mol. The maximum Gasteiger partial charge on any atom is 0.136 e. The third-order valence-corrected chi connectivity index (χ3v) is 2.14. The number of ether oxygens (including phenoxy) is 1. The molecule has 0 aliphatic carbocycles. The highest BCUT2D eigenvalue weighted by Crippen LogP contribution is 2.36. The quantitative estimate of drug-likeness (QED) is 0.358. The van der Waals surface area contributed by atoms with Crippen molar-refractivity contribution in [1.29, 1.82) is 0 Å². The number of oxime groups is 1. The zero-order chi connectivity index (χ0) is 11.0. The van der Waals surface area contributed by atoms with E-state index in [0.717, 1.165) is 6.07 Å². The molecular weight excluding hydrogens is 202 g/mol. The number of fused-ring (bicyclic) bond motifs is 1. The molecule has 1 aromatic carbocycles. The van der Waals surface area contributed by atoms with Crippen LogP contribution in [0, 0.1) is 0 Å². The third kappa shape index (κ3) is 1.44. The first-order valence-corrected chi connectivity index (χ1v) is 4.22. The molecular formula is C9H9NO5. The van der Waals surface area contributed by atoms with Gasteiger partial charge < -0.3 is 25.3 Å². The van der Waals surface area contributed by atoms with Gasteiger partial charge in [-0.05, 0) is 0 Å². The molecule has 6 heteroatoms. The molecule has 0 saturated carbocycles. The van der Waals surface area contributed by atoms with E-state index in [1.165, 1.54) is 6.07 Å². The zero-order valence-corrected chi connectivity index (χ0v) is 7.58. The van der Waals surface area contributed by atoms with Crippen LogP contribution in [0.1, 0.15) is 5.56 Å². The first-order valence-electron chi connectivity index (χ1n) is 4.22. The van der Waals surface area contributed by atoms with Gasteiger partial charge >= 0.3 is 0 Å². The van der Waals surface area contributed by atoms with E-state index < -0.39 is 6.10 Å². The average Bonchev–Trinajstić information content (AvgIpc) is 2.18. The second-order valence-electron chi connectivity index (χ2n) is 3.15. The number of aromatic hydroxyl groups is 2. The minimum atomic E-state index is -1.10. The minimum absolute atomic E-state index is 0.0752. The van der Waals surface area contributed by atoms with Gasteiger partial charge in [-0.3, -0.25) is 0 Å². The zero-order valence-electron chi connectivity index (χ0n) is 7.58. The molecule has 1 aliphatic heterocycles. The Kier molecular flexibility index (Phi) is 2.12. The van der Waals surface area contributed by atoms with Crippen molar-refractivity contribution in [3.63, 3.8) is 0 Å². The number of rotatable bonds is 0. The topological polar surface area (TPSA) is 103 Å². The molecule has 0 saturated heterocycles. The molecule has 0 amide bonds. The van der Waals surface area contributed by atoms with Gasteiger partial charge in [0, 0.05) is 12.1 Å². The third-order valence-electron chi connectivity index (χ3n) is 2.14. The van der Waals surface area contributed by atoms with Gasteiger partial charge in [0.05, 0.1) is 5.56 Å². The number of benzene rings is 1. The van der Waals surface area contributed by atoms with Crippen molar-refractivity contribution in [2.45, 2.75) is 6.10 Å². The summed E-state index contributed by atoms with van der Waals surface area (Å²) in [6.45, 7) is -0.0880. The summed E-state index contributed by atoms with van der Waals surface area (Å²) in [6.07, 6.45) is -1.10. The number of nitrogens with zero attached hydrogens (tertiary/aromatic N) is 1. The molecule has 1 heterocycles. The van der Waals surface area contributed by atoms with Gasteiger partial charge in [0.25, 0.3) is 0 Å². The first kappa shape index (κ1) is 9.60. The predicted octanol–water partition coefficient (Wildman–Crippen LogP) is 0.0294. The van der Waals surface area contributed by atoms with Crippen molar-refractivity contribution in [2.75, 3.05) is 6.61 Å². The highest BCUT2D eigenvalue weighted by Gasteiger charge is 2.29. The SMILES string of the molecule is O/N=C1/c2c(O)cc(O)cc2OC[C@H]1O. The molecule has 80 valence electrons. The molecule has 0 unspecified atom stereocenters. The number of aliphatic hydroxyl groups excluding tert-OH is 1. The van der Waals surface area contributed by atoms with E-state index in [1.54, 1.807) is 0 Å². The van der Waals surface area contributed by atoms with E-state index in [4.69, 9.17) is 9.94 Å². The van der Waals surface area contributed by atoms with Gasteiger partial charge in [0.15, 0.2) is 0 Å². The summed E-state index contributed by atoms with van der Waals surface area (Å²) < 4.78 is 5.07. The minimum Gasteiger partial charge on any atom is -0.508 e. The van der Waals surface area contributed by atoms with Gasteiger partial charge in [0.2, 0.25) is 0 Å². The van der Waals surface area contributed by atoms with Gasteiger partial charge in [-0.2, -0.15) is 0 Å². The van der Waals surface area contributed by atoms with Gasteiger partial charge in [0.1, 0.15) is 35.7 Å². The maximum atomic E-state index is 9.51. The Morgan fingerprint density at radius 2 is 2.07 bits per heavy atom. The summed E-state index contributed by atoms with van der Waals surface area (Å²) >= 11 is 0. The smallest absolute Gasteiger partial charge is 0.136 e. The van der Waals surface area contributed by atoms with Crippen molar-refractivity contribution in [2.24, 2.45) is 5.16 Å². The van der Waals surface area contributed by atoms with E-state index in [0.29, 0.717) is 0 Å². The van der Waals surface area contributed by atoms with Crippen LogP contribution in [0.3, 0.4) is 0 Å².